The second-order valence-electron chi connectivity index (χ2n) is 5.20. The van der Waals surface area contributed by atoms with E-state index in [1.165, 1.54) is 26.4 Å². The highest BCUT2D eigenvalue weighted by atomic mass is 32.2. The van der Waals surface area contributed by atoms with Gasteiger partial charge in [-0.2, -0.15) is 0 Å². The van der Waals surface area contributed by atoms with Gasteiger partial charge in [-0.05, 0) is 30.3 Å². The van der Waals surface area contributed by atoms with Gasteiger partial charge in [0.15, 0.2) is 5.75 Å². The predicted octanol–water partition coefficient (Wildman–Crippen LogP) is 2.07. The van der Waals surface area contributed by atoms with Gasteiger partial charge in [0.25, 0.3) is 10.0 Å². The van der Waals surface area contributed by atoms with E-state index in [4.69, 9.17) is 13.9 Å². The second-order valence-corrected chi connectivity index (χ2v) is 6.88. The lowest BCUT2D eigenvalue weighted by atomic mass is 10.2. The van der Waals surface area contributed by atoms with Crippen molar-refractivity contribution in [3.63, 3.8) is 0 Å². The molecule has 1 heterocycles. The van der Waals surface area contributed by atoms with Crippen LogP contribution in [0.4, 0.5) is 0 Å². The molecular formula is C17H16N2O6S. The lowest BCUT2D eigenvalue weighted by Gasteiger charge is -2.07. The number of hydrazine groups is 1. The van der Waals surface area contributed by atoms with Gasteiger partial charge in [0.1, 0.15) is 11.3 Å². The lowest BCUT2D eigenvalue weighted by molar-refractivity contribution is 0.0915. The molecule has 8 nitrogen and oxygen atoms in total. The fourth-order valence-electron chi connectivity index (χ4n) is 2.36. The summed E-state index contributed by atoms with van der Waals surface area (Å²) in [5, 5.41) is 0.530. The maximum absolute atomic E-state index is 12.4. The van der Waals surface area contributed by atoms with E-state index in [0.717, 1.165) is 0 Å². The summed E-state index contributed by atoms with van der Waals surface area (Å²) in [6, 6.07) is 12.6. The summed E-state index contributed by atoms with van der Waals surface area (Å²) in [6.45, 7) is 0. The van der Waals surface area contributed by atoms with Gasteiger partial charge in [0.2, 0.25) is 5.76 Å². The van der Waals surface area contributed by atoms with E-state index < -0.39 is 15.9 Å². The normalized spacial score (nSPS) is 11.3. The van der Waals surface area contributed by atoms with Crippen molar-refractivity contribution >= 4 is 26.9 Å². The number of rotatable bonds is 6. The molecule has 3 rings (SSSR count). The highest BCUT2D eigenvalue weighted by molar-refractivity contribution is 7.89. The molecule has 0 aliphatic carbocycles. The number of sulfonamides is 1. The van der Waals surface area contributed by atoms with E-state index in [-0.39, 0.29) is 16.4 Å². The molecule has 0 spiro atoms. The van der Waals surface area contributed by atoms with Crippen molar-refractivity contribution < 1.29 is 27.1 Å². The predicted molar refractivity (Wildman–Crippen MR) is 93.5 cm³/mol. The SMILES string of the molecule is COc1ccc2oc(C(=O)NNS(=O)(=O)c3ccccc3)c(OC)c2c1. The maximum atomic E-state index is 12.4. The minimum Gasteiger partial charge on any atom is -0.497 e. The van der Waals surface area contributed by atoms with Gasteiger partial charge in [0.05, 0.1) is 24.5 Å². The molecule has 2 N–H and O–H groups in total. The van der Waals surface area contributed by atoms with Crippen molar-refractivity contribution in [3.8, 4) is 11.5 Å². The van der Waals surface area contributed by atoms with Crippen LogP contribution in [-0.4, -0.2) is 28.5 Å². The first kappa shape index (κ1) is 17.8. The number of methoxy groups -OCH3 is 2. The molecule has 0 unspecified atom stereocenters. The number of carbonyl (C=O) groups excluding carboxylic acids is 1. The molecule has 3 aromatic rings. The van der Waals surface area contributed by atoms with Gasteiger partial charge in [-0.1, -0.05) is 18.2 Å². The molecule has 0 fully saturated rings. The summed E-state index contributed by atoms with van der Waals surface area (Å²) in [6.07, 6.45) is 0. The number of carbonyl (C=O) groups is 1. The lowest BCUT2D eigenvalue weighted by Crippen LogP contribution is -2.41. The fraction of sp³-hybridized carbons (Fsp3) is 0.118. The molecule has 0 saturated carbocycles. The number of ether oxygens (including phenoxy) is 2. The fourth-order valence-corrected chi connectivity index (χ4v) is 3.22. The first-order valence-electron chi connectivity index (χ1n) is 7.48. The summed E-state index contributed by atoms with van der Waals surface area (Å²) < 4.78 is 40.2. The number of benzene rings is 2. The van der Waals surface area contributed by atoms with Gasteiger partial charge in [-0.25, -0.2) is 8.42 Å². The van der Waals surface area contributed by atoms with Crippen molar-refractivity contribution in [1.29, 1.82) is 0 Å². The summed E-state index contributed by atoms with van der Waals surface area (Å²) in [4.78, 5) is 14.4. The van der Waals surface area contributed by atoms with E-state index in [1.54, 1.807) is 36.4 Å². The Morgan fingerprint density at radius 3 is 2.42 bits per heavy atom. The Kier molecular flexibility index (Phi) is 4.83. The Bertz CT molecular complexity index is 1040. The minimum atomic E-state index is -3.91. The molecule has 0 radical (unpaired) electrons. The van der Waals surface area contributed by atoms with Crippen molar-refractivity contribution in [1.82, 2.24) is 10.3 Å². The molecule has 0 aliphatic heterocycles. The third kappa shape index (κ3) is 3.35. The van der Waals surface area contributed by atoms with Crippen LogP contribution in [0.2, 0.25) is 0 Å². The van der Waals surface area contributed by atoms with Gasteiger partial charge >= 0.3 is 5.91 Å². The molecular weight excluding hydrogens is 360 g/mol. The molecule has 0 aliphatic rings. The topological polar surface area (TPSA) is 107 Å². The Labute approximate surface area is 149 Å². The van der Waals surface area contributed by atoms with Crippen LogP contribution in [0.5, 0.6) is 11.5 Å². The first-order valence-corrected chi connectivity index (χ1v) is 8.96. The minimum absolute atomic E-state index is 0.0154. The number of fused-ring (bicyclic) bond motifs is 1. The first-order chi connectivity index (χ1) is 12.5. The second kappa shape index (κ2) is 7.06. The van der Waals surface area contributed by atoms with Gasteiger partial charge < -0.3 is 13.9 Å². The quantitative estimate of drug-likeness (QED) is 0.638. The van der Waals surface area contributed by atoms with E-state index >= 15 is 0 Å². The third-order valence-electron chi connectivity index (χ3n) is 3.61. The number of nitrogens with one attached hydrogen (secondary N) is 2. The van der Waals surface area contributed by atoms with E-state index in [1.807, 2.05) is 4.83 Å². The van der Waals surface area contributed by atoms with Crippen LogP contribution in [0.1, 0.15) is 10.6 Å². The largest absolute Gasteiger partial charge is 0.497 e. The molecule has 2 aromatic carbocycles. The van der Waals surface area contributed by atoms with Gasteiger partial charge in [-0.15, -0.1) is 4.83 Å². The molecule has 0 saturated heterocycles. The van der Waals surface area contributed by atoms with Gasteiger partial charge in [-0.3, -0.25) is 10.2 Å². The molecule has 136 valence electrons. The zero-order valence-corrected chi connectivity index (χ0v) is 14.8. The van der Waals surface area contributed by atoms with Crippen molar-refractivity contribution in [3.05, 3.63) is 54.3 Å². The van der Waals surface area contributed by atoms with E-state index in [9.17, 15) is 13.2 Å². The third-order valence-corrected chi connectivity index (χ3v) is 4.88. The standard InChI is InChI=1S/C17H16N2O6S/c1-23-11-8-9-14-13(10-11)15(24-2)16(25-14)17(20)18-19-26(21,22)12-6-4-3-5-7-12/h3-10,19H,1-2H3,(H,18,20). The molecule has 1 amide bonds. The molecule has 26 heavy (non-hydrogen) atoms. The zero-order chi connectivity index (χ0) is 18.7. The molecule has 1 aromatic heterocycles. The van der Waals surface area contributed by atoms with Crippen molar-refractivity contribution in [2.75, 3.05) is 14.2 Å². The smallest absolute Gasteiger partial charge is 0.305 e. The van der Waals surface area contributed by atoms with Crippen molar-refractivity contribution in [2.45, 2.75) is 4.90 Å². The van der Waals surface area contributed by atoms with Crippen LogP contribution in [0.3, 0.4) is 0 Å². The number of amides is 1. The molecule has 0 bridgehead atoms. The van der Waals surface area contributed by atoms with Crippen LogP contribution < -0.4 is 19.7 Å². The Morgan fingerprint density at radius 1 is 1.04 bits per heavy atom. The van der Waals surface area contributed by atoms with E-state index in [2.05, 4.69) is 5.43 Å². The van der Waals surface area contributed by atoms with Crippen molar-refractivity contribution in [2.24, 2.45) is 0 Å². The van der Waals surface area contributed by atoms with E-state index in [0.29, 0.717) is 16.7 Å². The number of hydrogen-bond acceptors (Lipinski definition) is 6. The van der Waals surface area contributed by atoms with Crippen LogP contribution >= 0.6 is 0 Å². The van der Waals surface area contributed by atoms with Gasteiger partial charge in [0, 0.05) is 0 Å². The summed E-state index contributed by atoms with van der Waals surface area (Å²) >= 11 is 0. The summed E-state index contributed by atoms with van der Waals surface area (Å²) in [5.41, 5.74) is 2.52. The number of hydrogen-bond donors (Lipinski definition) is 2. The highest BCUT2D eigenvalue weighted by Crippen LogP contribution is 2.35. The highest BCUT2D eigenvalue weighted by Gasteiger charge is 2.23. The zero-order valence-electron chi connectivity index (χ0n) is 14.0. The average Bonchev–Trinajstić information content (AvgIpc) is 3.04. The Balaban J connectivity index is 1.86. The molecule has 9 heteroatoms. The van der Waals surface area contributed by atoms with Crippen LogP contribution in [-0.2, 0) is 10.0 Å². The van der Waals surface area contributed by atoms with Crippen LogP contribution in [0.25, 0.3) is 11.0 Å². The maximum Gasteiger partial charge on any atom is 0.305 e. The summed E-state index contributed by atoms with van der Waals surface area (Å²) in [7, 11) is -1.01. The molecule has 0 atom stereocenters. The van der Waals surface area contributed by atoms with Crippen LogP contribution in [0.15, 0.2) is 57.8 Å². The number of furan rings is 1. The van der Waals surface area contributed by atoms with Crippen LogP contribution in [0, 0.1) is 0 Å². The summed E-state index contributed by atoms with van der Waals surface area (Å²) in [5.74, 6) is -0.216. The average molecular weight is 376 g/mol. The Morgan fingerprint density at radius 2 is 1.77 bits per heavy atom. The Hall–Kier alpha value is -3.04. The monoisotopic (exact) mass is 376 g/mol.